The average molecular weight is 617 g/mol. The van der Waals surface area contributed by atoms with E-state index < -0.39 is 16.1 Å². The summed E-state index contributed by atoms with van der Waals surface area (Å²) in [4.78, 5) is 28.3. The molecular formula is C29H34BrN3O5S. The van der Waals surface area contributed by atoms with E-state index in [9.17, 15) is 18.0 Å². The third kappa shape index (κ3) is 8.83. The van der Waals surface area contributed by atoms with Gasteiger partial charge in [-0.05, 0) is 53.9 Å². The van der Waals surface area contributed by atoms with Crippen LogP contribution in [0.4, 0.5) is 5.69 Å². The molecule has 8 nitrogen and oxygen atoms in total. The van der Waals surface area contributed by atoms with Crippen molar-refractivity contribution in [3.05, 3.63) is 94.5 Å². The lowest BCUT2D eigenvalue weighted by molar-refractivity contribution is -0.141. The molecule has 0 aliphatic carbocycles. The molecule has 0 aliphatic heterocycles. The Balaban J connectivity index is 1.82. The molecule has 0 heterocycles. The summed E-state index contributed by atoms with van der Waals surface area (Å²) in [6, 6.07) is 23.1. The number of nitrogens with one attached hydrogen (secondary N) is 1. The van der Waals surface area contributed by atoms with Crippen molar-refractivity contribution in [1.29, 1.82) is 0 Å². The highest BCUT2D eigenvalue weighted by Gasteiger charge is 2.30. The Labute approximate surface area is 239 Å². The van der Waals surface area contributed by atoms with Gasteiger partial charge in [0.2, 0.25) is 21.8 Å². The summed E-state index contributed by atoms with van der Waals surface area (Å²) in [5.41, 5.74) is 2.30. The van der Waals surface area contributed by atoms with Crippen molar-refractivity contribution in [3.63, 3.8) is 0 Å². The van der Waals surface area contributed by atoms with E-state index in [1.807, 2.05) is 54.6 Å². The molecule has 1 N–H and O–H groups in total. The number of benzene rings is 3. The number of likely N-dealkylation sites (N-methyl/N-ethyl adjacent to an activating group) is 1. The minimum absolute atomic E-state index is 0.0704. The molecule has 0 aliphatic rings. The average Bonchev–Trinajstić information content (AvgIpc) is 2.93. The van der Waals surface area contributed by atoms with Crippen LogP contribution in [0.1, 0.15) is 24.0 Å². The smallest absolute Gasteiger partial charge is 0.242 e. The van der Waals surface area contributed by atoms with Gasteiger partial charge in [-0.2, -0.15) is 0 Å². The molecule has 0 fully saturated rings. The van der Waals surface area contributed by atoms with Gasteiger partial charge in [0.1, 0.15) is 11.8 Å². The Morgan fingerprint density at radius 2 is 1.59 bits per heavy atom. The zero-order chi connectivity index (χ0) is 28.4. The maximum atomic E-state index is 13.7. The van der Waals surface area contributed by atoms with Crippen molar-refractivity contribution in [2.75, 3.05) is 31.3 Å². The molecule has 1 atom stereocenters. The Hall–Kier alpha value is -3.37. The number of amides is 2. The van der Waals surface area contributed by atoms with Crippen LogP contribution in [0, 0.1) is 0 Å². The summed E-state index contributed by atoms with van der Waals surface area (Å²) in [5.74, 6) is 0.121. The zero-order valence-electron chi connectivity index (χ0n) is 22.3. The highest BCUT2D eigenvalue weighted by Crippen LogP contribution is 2.23. The van der Waals surface area contributed by atoms with Gasteiger partial charge in [-0.15, -0.1) is 0 Å². The SMILES string of the molecule is CNC(=O)[C@H](Cc1ccccc1)N(Cc1ccc(Br)cc1)C(=O)CCCN(c1ccc(OC)cc1)S(C)(=O)=O. The lowest BCUT2D eigenvalue weighted by atomic mass is 10.0. The molecule has 0 spiro atoms. The lowest BCUT2D eigenvalue weighted by Gasteiger charge is -2.31. The molecule has 0 radical (unpaired) electrons. The van der Waals surface area contributed by atoms with Crippen molar-refractivity contribution in [2.45, 2.75) is 31.8 Å². The van der Waals surface area contributed by atoms with E-state index in [0.717, 1.165) is 21.9 Å². The van der Waals surface area contributed by atoms with Gasteiger partial charge in [0, 0.05) is 37.5 Å². The number of nitrogens with zero attached hydrogens (tertiary/aromatic N) is 2. The number of anilines is 1. The summed E-state index contributed by atoms with van der Waals surface area (Å²) in [6.07, 6.45) is 1.84. The first-order chi connectivity index (χ1) is 18.6. The number of sulfonamides is 1. The van der Waals surface area contributed by atoms with E-state index >= 15 is 0 Å². The topological polar surface area (TPSA) is 96.0 Å². The van der Waals surface area contributed by atoms with Crippen LogP contribution < -0.4 is 14.4 Å². The number of methoxy groups -OCH3 is 1. The molecular weight excluding hydrogens is 582 g/mol. The minimum Gasteiger partial charge on any atom is -0.497 e. The summed E-state index contributed by atoms with van der Waals surface area (Å²) in [7, 11) is -0.486. The Morgan fingerprint density at radius 1 is 0.949 bits per heavy atom. The first-order valence-corrected chi connectivity index (χ1v) is 15.2. The Bertz CT molecular complexity index is 1330. The molecule has 0 aromatic heterocycles. The van der Waals surface area contributed by atoms with Crippen molar-refractivity contribution in [2.24, 2.45) is 0 Å². The van der Waals surface area contributed by atoms with Crippen LogP contribution in [0.3, 0.4) is 0 Å². The second kappa shape index (κ2) is 14.1. The standard InChI is InChI=1S/C29H34BrN3O5S/c1-31-29(35)27(20-22-8-5-4-6-9-22)32(21-23-11-13-24(30)14-12-23)28(34)10-7-19-33(39(3,36)37)25-15-17-26(38-2)18-16-25/h4-6,8-9,11-18,27H,7,10,19-21H2,1-3H3,(H,31,35)/t27-/m0/s1. The molecule has 0 saturated carbocycles. The minimum atomic E-state index is -3.58. The number of rotatable bonds is 13. The third-order valence-corrected chi connectivity index (χ3v) is 8.02. The zero-order valence-corrected chi connectivity index (χ0v) is 24.7. The summed E-state index contributed by atoms with van der Waals surface area (Å²) in [6.45, 7) is 0.359. The summed E-state index contributed by atoms with van der Waals surface area (Å²) in [5, 5.41) is 2.70. The molecule has 3 aromatic carbocycles. The highest BCUT2D eigenvalue weighted by molar-refractivity contribution is 9.10. The molecule has 10 heteroatoms. The number of hydrogen-bond acceptors (Lipinski definition) is 5. The van der Waals surface area contributed by atoms with E-state index in [-0.39, 0.29) is 37.7 Å². The molecule has 0 unspecified atom stereocenters. The second-order valence-electron chi connectivity index (χ2n) is 9.10. The molecule has 3 rings (SSSR count). The molecule has 0 bridgehead atoms. The van der Waals surface area contributed by atoms with Gasteiger partial charge < -0.3 is 15.0 Å². The fourth-order valence-corrected chi connectivity index (χ4v) is 5.49. The van der Waals surface area contributed by atoms with E-state index in [1.54, 1.807) is 43.3 Å². The predicted octanol–water partition coefficient (Wildman–Crippen LogP) is 4.39. The Kier molecular flexibility index (Phi) is 10.9. The lowest BCUT2D eigenvalue weighted by Crippen LogP contribution is -2.49. The molecule has 208 valence electrons. The molecule has 3 aromatic rings. The van der Waals surface area contributed by atoms with Crippen LogP contribution in [0.25, 0.3) is 0 Å². The number of carbonyl (C=O) groups is 2. The van der Waals surface area contributed by atoms with Crippen LogP contribution in [0.15, 0.2) is 83.3 Å². The van der Waals surface area contributed by atoms with Crippen molar-refractivity contribution in [3.8, 4) is 5.75 Å². The van der Waals surface area contributed by atoms with Gasteiger partial charge in [-0.3, -0.25) is 13.9 Å². The van der Waals surface area contributed by atoms with E-state index in [2.05, 4.69) is 21.2 Å². The maximum absolute atomic E-state index is 13.7. The first kappa shape index (κ1) is 30.2. The summed E-state index contributed by atoms with van der Waals surface area (Å²) >= 11 is 3.43. The monoisotopic (exact) mass is 615 g/mol. The fraction of sp³-hybridized carbons (Fsp3) is 0.310. The van der Waals surface area contributed by atoms with Crippen LogP contribution in [0.5, 0.6) is 5.75 Å². The van der Waals surface area contributed by atoms with E-state index in [1.165, 1.54) is 4.31 Å². The van der Waals surface area contributed by atoms with Crippen LogP contribution in [0.2, 0.25) is 0 Å². The molecule has 0 saturated heterocycles. The van der Waals surface area contributed by atoms with Crippen LogP contribution in [-0.2, 0) is 32.6 Å². The predicted molar refractivity (Wildman–Crippen MR) is 157 cm³/mol. The third-order valence-electron chi connectivity index (χ3n) is 6.30. The fourth-order valence-electron chi connectivity index (χ4n) is 4.26. The maximum Gasteiger partial charge on any atom is 0.242 e. The highest BCUT2D eigenvalue weighted by atomic mass is 79.9. The van der Waals surface area contributed by atoms with Crippen LogP contribution in [-0.4, -0.2) is 58.1 Å². The number of halogens is 1. The van der Waals surface area contributed by atoms with Gasteiger partial charge in [0.25, 0.3) is 0 Å². The van der Waals surface area contributed by atoms with Gasteiger partial charge in [-0.25, -0.2) is 8.42 Å². The quantitative estimate of drug-likeness (QED) is 0.308. The van der Waals surface area contributed by atoms with Crippen molar-refractivity contribution in [1.82, 2.24) is 10.2 Å². The molecule has 39 heavy (non-hydrogen) atoms. The van der Waals surface area contributed by atoms with Crippen molar-refractivity contribution >= 4 is 43.5 Å². The number of hydrogen-bond donors (Lipinski definition) is 1. The summed E-state index contributed by atoms with van der Waals surface area (Å²) < 4.78 is 32.5. The van der Waals surface area contributed by atoms with Gasteiger partial charge >= 0.3 is 0 Å². The normalized spacial score (nSPS) is 11.9. The van der Waals surface area contributed by atoms with Gasteiger partial charge in [0.05, 0.1) is 19.1 Å². The van der Waals surface area contributed by atoms with Crippen LogP contribution >= 0.6 is 15.9 Å². The van der Waals surface area contributed by atoms with Crippen molar-refractivity contribution < 1.29 is 22.7 Å². The van der Waals surface area contributed by atoms with E-state index in [4.69, 9.17) is 4.74 Å². The van der Waals surface area contributed by atoms with E-state index in [0.29, 0.717) is 17.9 Å². The largest absolute Gasteiger partial charge is 0.497 e. The second-order valence-corrected chi connectivity index (χ2v) is 11.9. The van der Waals surface area contributed by atoms with Gasteiger partial charge in [0.15, 0.2) is 0 Å². The molecule has 2 amide bonds. The number of ether oxygens (including phenoxy) is 1. The van der Waals surface area contributed by atoms with Gasteiger partial charge in [-0.1, -0.05) is 58.4 Å². The first-order valence-electron chi connectivity index (χ1n) is 12.5. The number of carbonyl (C=O) groups excluding carboxylic acids is 2. The Morgan fingerprint density at radius 3 is 2.15 bits per heavy atom.